The summed E-state index contributed by atoms with van der Waals surface area (Å²) < 4.78 is 10.3. The first-order valence-electron chi connectivity index (χ1n) is 8.06. The molecule has 0 fully saturated rings. The molecule has 0 aliphatic heterocycles. The highest BCUT2D eigenvalue weighted by Gasteiger charge is 2.27. The Hall–Kier alpha value is -2.27. The standard InChI is InChI=1S/C19H20ClNO4/c1-19(2,3)25-14(22)8-11-6-5-10-7-12(20)9-13-15(10)16(11)17(21-13)18(23)24-4/h7-9,21H,5-6H2,1-4H3. The van der Waals surface area contributed by atoms with Crippen LogP contribution in [-0.2, 0) is 20.7 Å². The molecule has 0 saturated heterocycles. The van der Waals surface area contributed by atoms with E-state index in [9.17, 15) is 9.59 Å². The molecule has 5 nitrogen and oxygen atoms in total. The third kappa shape index (κ3) is 3.42. The first-order valence-corrected chi connectivity index (χ1v) is 8.43. The van der Waals surface area contributed by atoms with Crippen molar-refractivity contribution in [1.29, 1.82) is 0 Å². The molecule has 25 heavy (non-hydrogen) atoms. The topological polar surface area (TPSA) is 68.4 Å². The van der Waals surface area contributed by atoms with E-state index >= 15 is 0 Å². The average Bonchev–Trinajstić information content (AvgIpc) is 2.87. The molecule has 1 aromatic carbocycles. The molecule has 0 bridgehead atoms. The smallest absolute Gasteiger partial charge is 0.355 e. The number of carbonyl (C=O) groups excluding carboxylic acids is 2. The molecule has 0 radical (unpaired) electrons. The highest BCUT2D eigenvalue weighted by atomic mass is 35.5. The van der Waals surface area contributed by atoms with Crippen LogP contribution in [0.1, 0.15) is 48.8 Å². The summed E-state index contributed by atoms with van der Waals surface area (Å²) in [6.07, 6.45) is 2.82. The number of allylic oxidation sites excluding steroid dienone is 1. The lowest BCUT2D eigenvalue weighted by molar-refractivity contribution is -0.148. The summed E-state index contributed by atoms with van der Waals surface area (Å²) in [5.41, 5.74) is 3.02. The van der Waals surface area contributed by atoms with Gasteiger partial charge in [-0.1, -0.05) is 11.6 Å². The average molecular weight is 362 g/mol. The van der Waals surface area contributed by atoms with Crippen LogP contribution in [0, 0.1) is 0 Å². The molecule has 0 saturated carbocycles. The van der Waals surface area contributed by atoms with Gasteiger partial charge in [-0.3, -0.25) is 0 Å². The molecule has 1 heterocycles. The Kier molecular flexibility index (Phi) is 4.37. The Labute approximate surface area is 150 Å². The second kappa shape index (κ2) is 6.23. The monoisotopic (exact) mass is 361 g/mol. The predicted octanol–water partition coefficient (Wildman–Crippen LogP) is 4.28. The van der Waals surface area contributed by atoms with E-state index in [1.54, 1.807) is 6.07 Å². The molecule has 0 unspecified atom stereocenters. The molecule has 1 aliphatic rings. The lowest BCUT2D eigenvalue weighted by atomic mass is 9.87. The maximum atomic E-state index is 12.2. The molecule has 0 atom stereocenters. The van der Waals surface area contributed by atoms with Crippen LogP contribution in [0.3, 0.4) is 0 Å². The van der Waals surface area contributed by atoms with E-state index in [-0.39, 0.29) is 0 Å². The second-order valence-electron chi connectivity index (χ2n) is 7.06. The first kappa shape index (κ1) is 17.5. The van der Waals surface area contributed by atoms with Gasteiger partial charge in [-0.15, -0.1) is 0 Å². The van der Waals surface area contributed by atoms with Gasteiger partial charge in [-0.05, 0) is 56.9 Å². The van der Waals surface area contributed by atoms with Crippen LogP contribution in [0.2, 0.25) is 5.02 Å². The fraction of sp³-hybridized carbons (Fsp3) is 0.368. The number of aromatic amines is 1. The van der Waals surface area contributed by atoms with Gasteiger partial charge >= 0.3 is 11.9 Å². The molecule has 3 rings (SSSR count). The minimum Gasteiger partial charge on any atom is -0.464 e. The van der Waals surface area contributed by atoms with Crippen LogP contribution in [0.25, 0.3) is 16.5 Å². The molecule has 0 amide bonds. The van der Waals surface area contributed by atoms with Gasteiger partial charge in [0.15, 0.2) is 0 Å². The van der Waals surface area contributed by atoms with Crippen molar-refractivity contribution in [3.63, 3.8) is 0 Å². The maximum absolute atomic E-state index is 12.2. The number of H-pyrrole nitrogens is 1. The molecule has 132 valence electrons. The van der Waals surface area contributed by atoms with E-state index in [4.69, 9.17) is 21.1 Å². The van der Waals surface area contributed by atoms with Crippen LogP contribution in [0.4, 0.5) is 0 Å². The summed E-state index contributed by atoms with van der Waals surface area (Å²) in [7, 11) is 1.33. The van der Waals surface area contributed by atoms with E-state index < -0.39 is 17.5 Å². The van der Waals surface area contributed by atoms with E-state index in [0.717, 1.165) is 28.5 Å². The first-order chi connectivity index (χ1) is 11.7. The van der Waals surface area contributed by atoms with Crippen molar-refractivity contribution in [3.8, 4) is 0 Å². The molecular weight excluding hydrogens is 342 g/mol. The van der Waals surface area contributed by atoms with Crippen molar-refractivity contribution in [2.45, 2.75) is 39.2 Å². The van der Waals surface area contributed by atoms with Gasteiger partial charge in [0.1, 0.15) is 11.3 Å². The number of rotatable bonds is 2. The minimum atomic E-state index is -0.576. The van der Waals surface area contributed by atoms with Crippen LogP contribution in [-0.4, -0.2) is 29.6 Å². The van der Waals surface area contributed by atoms with E-state index in [2.05, 4.69) is 4.98 Å². The fourth-order valence-corrected chi connectivity index (χ4v) is 3.41. The number of aryl methyl sites for hydroxylation is 1. The number of benzene rings is 1. The number of carbonyl (C=O) groups is 2. The summed E-state index contributed by atoms with van der Waals surface area (Å²) in [5, 5.41) is 1.51. The van der Waals surface area contributed by atoms with Crippen LogP contribution < -0.4 is 0 Å². The molecule has 6 heteroatoms. The number of aromatic nitrogens is 1. The Morgan fingerprint density at radius 2 is 1.96 bits per heavy atom. The molecule has 1 aliphatic carbocycles. The zero-order chi connectivity index (χ0) is 18.4. The SMILES string of the molecule is COC(=O)c1[nH]c2cc(Cl)cc3c2c1C(=CC(=O)OC(C)(C)C)CC3. The summed E-state index contributed by atoms with van der Waals surface area (Å²) in [6.45, 7) is 5.45. The number of nitrogens with one attached hydrogen (secondary N) is 1. The number of hydrogen-bond acceptors (Lipinski definition) is 4. The number of hydrogen-bond donors (Lipinski definition) is 1. The lowest BCUT2D eigenvalue weighted by Crippen LogP contribution is -2.23. The van der Waals surface area contributed by atoms with Crippen molar-refractivity contribution >= 4 is 40.0 Å². The molecule has 2 aromatic rings. The van der Waals surface area contributed by atoms with E-state index in [0.29, 0.717) is 22.7 Å². The minimum absolute atomic E-state index is 0.329. The molecule has 1 aromatic heterocycles. The van der Waals surface area contributed by atoms with Crippen molar-refractivity contribution in [2.24, 2.45) is 0 Å². The van der Waals surface area contributed by atoms with Gasteiger partial charge in [-0.2, -0.15) is 0 Å². The largest absolute Gasteiger partial charge is 0.464 e. The number of esters is 2. The Morgan fingerprint density at radius 3 is 2.60 bits per heavy atom. The summed E-state index contributed by atoms with van der Waals surface area (Å²) in [4.78, 5) is 27.5. The van der Waals surface area contributed by atoms with E-state index in [1.807, 2.05) is 26.8 Å². The third-order valence-corrected chi connectivity index (χ3v) is 4.24. The lowest BCUT2D eigenvalue weighted by Gasteiger charge is -2.20. The van der Waals surface area contributed by atoms with Crippen molar-refractivity contribution in [3.05, 3.63) is 40.1 Å². The Balaban J connectivity index is 2.17. The normalized spacial score (nSPS) is 15.5. The quantitative estimate of drug-likeness (QED) is 0.640. The second-order valence-corrected chi connectivity index (χ2v) is 7.49. The maximum Gasteiger partial charge on any atom is 0.355 e. The Morgan fingerprint density at radius 1 is 1.24 bits per heavy atom. The van der Waals surface area contributed by atoms with Gasteiger partial charge < -0.3 is 14.5 Å². The molecule has 1 N–H and O–H groups in total. The Bertz CT molecular complexity index is 902. The van der Waals surface area contributed by atoms with Gasteiger partial charge in [0, 0.05) is 27.6 Å². The third-order valence-electron chi connectivity index (χ3n) is 4.02. The summed E-state index contributed by atoms with van der Waals surface area (Å²) in [6, 6.07) is 3.67. The zero-order valence-corrected chi connectivity index (χ0v) is 15.4. The highest BCUT2D eigenvalue weighted by molar-refractivity contribution is 6.31. The molecule has 0 spiro atoms. The van der Waals surface area contributed by atoms with Crippen LogP contribution in [0.15, 0.2) is 18.2 Å². The highest BCUT2D eigenvalue weighted by Crippen LogP contribution is 2.40. The van der Waals surface area contributed by atoms with Gasteiger partial charge in [-0.25, -0.2) is 9.59 Å². The van der Waals surface area contributed by atoms with Crippen molar-refractivity contribution < 1.29 is 19.1 Å². The summed E-state index contributed by atoms with van der Waals surface area (Å²) >= 11 is 6.17. The van der Waals surface area contributed by atoms with Gasteiger partial charge in [0.05, 0.1) is 7.11 Å². The van der Waals surface area contributed by atoms with E-state index in [1.165, 1.54) is 13.2 Å². The number of halogens is 1. The van der Waals surface area contributed by atoms with Crippen molar-refractivity contribution in [1.82, 2.24) is 4.98 Å². The van der Waals surface area contributed by atoms with Crippen LogP contribution >= 0.6 is 11.6 Å². The number of methoxy groups -OCH3 is 1. The number of ether oxygens (including phenoxy) is 2. The fourth-order valence-electron chi connectivity index (χ4n) is 3.16. The summed E-state index contributed by atoms with van der Waals surface area (Å²) in [5.74, 6) is -0.907. The van der Waals surface area contributed by atoms with Crippen LogP contribution in [0.5, 0.6) is 0 Å². The predicted molar refractivity (Wildman–Crippen MR) is 96.8 cm³/mol. The van der Waals surface area contributed by atoms with Crippen molar-refractivity contribution in [2.75, 3.05) is 7.11 Å². The zero-order valence-electron chi connectivity index (χ0n) is 14.7. The van der Waals surface area contributed by atoms with Gasteiger partial charge in [0.2, 0.25) is 0 Å². The molecular formula is C19H20ClNO4. The van der Waals surface area contributed by atoms with Gasteiger partial charge in [0.25, 0.3) is 0 Å².